The maximum absolute atomic E-state index is 12.7. The highest BCUT2D eigenvalue weighted by Crippen LogP contribution is 2.27. The van der Waals surface area contributed by atoms with Crippen LogP contribution in [-0.2, 0) is 12.8 Å². The molecule has 2 aromatic carbocycles. The van der Waals surface area contributed by atoms with Crippen LogP contribution >= 0.6 is 0 Å². The molecule has 0 aliphatic heterocycles. The van der Waals surface area contributed by atoms with Crippen molar-refractivity contribution in [1.29, 1.82) is 0 Å². The van der Waals surface area contributed by atoms with Gasteiger partial charge < -0.3 is 0 Å². The smallest absolute Gasteiger partial charge is 0.265 e. The molecule has 1 amide bonds. The molecular formula is C23H24N4O. The van der Waals surface area contributed by atoms with Crippen molar-refractivity contribution in [2.24, 2.45) is 5.10 Å². The van der Waals surface area contributed by atoms with Gasteiger partial charge in [-0.05, 0) is 48.4 Å². The normalized spacial score (nSPS) is 13.2. The molecule has 0 radical (unpaired) electrons. The number of carbonyl (C=O) groups excluding carboxylic acids is 1. The molecule has 4 rings (SSSR count). The van der Waals surface area contributed by atoms with Gasteiger partial charge in [0.1, 0.15) is 0 Å². The van der Waals surface area contributed by atoms with Crippen LogP contribution in [0.15, 0.2) is 59.7 Å². The summed E-state index contributed by atoms with van der Waals surface area (Å²) < 4.78 is 1.89. The summed E-state index contributed by atoms with van der Waals surface area (Å²) in [6, 6.07) is 18.1. The van der Waals surface area contributed by atoms with Crippen molar-refractivity contribution in [3.05, 3.63) is 82.7 Å². The van der Waals surface area contributed by atoms with Gasteiger partial charge in [-0.25, -0.2) is 10.1 Å². The number of nitrogens with one attached hydrogen (secondary N) is 1. The molecule has 5 heteroatoms. The number of hydrogen-bond acceptors (Lipinski definition) is 3. The molecule has 28 heavy (non-hydrogen) atoms. The third kappa shape index (κ3) is 3.60. The van der Waals surface area contributed by atoms with E-state index >= 15 is 0 Å². The van der Waals surface area contributed by atoms with Gasteiger partial charge in [-0.2, -0.15) is 10.2 Å². The summed E-state index contributed by atoms with van der Waals surface area (Å²) in [6.07, 6.45) is 4.53. The van der Waals surface area contributed by atoms with Crippen molar-refractivity contribution in [1.82, 2.24) is 15.2 Å². The number of hydrazone groups is 1. The number of amides is 1. The van der Waals surface area contributed by atoms with Crippen LogP contribution in [0.2, 0.25) is 0 Å². The van der Waals surface area contributed by atoms with E-state index in [2.05, 4.69) is 41.6 Å². The topological polar surface area (TPSA) is 59.3 Å². The van der Waals surface area contributed by atoms with E-state index in [1.165, 1.54) is 5.56 Å². The number of aromatic nitrogens is 2. The summed E-state index contributed by atoms with van der Waals surface area (Å²) >= 11 is 0. The molecule has 0 saturated carbocycles. The Morgan fingerprint density at radius 2 is 1.86 bits per heavy atom. The van der Waals surface area contributed by atoms with Crippen molar-refractivity contribution in [3.63, 3.8) is 0 Å². The van der Waals surface area contributed by atoms with Crippen LogP contribution in [0.3, 0.4) is 0 Å². The van der Waals surface area contributed by atoms with Gasteiger partial charge in [0.15, 0.2) is 5.69 Å². The Bertz CT molecular complexity index is 1000. The van der Waals surface area contributed by atoms with Gasteiger partial charge in [0.2, 0.25) is 0 Å². The van der Waals surface area contributed by atoms with Crippen LogP contribution in [0, 0.1) is 0 Å². The number of nitrogens with zero attached hydrogens (tertiary/aromatic N) is 3. The van der Waals surface area contributed by atoms with E-state index in [0.717, 1.165) is 41.8 Å². The van der Waals surface area contributed by atoms with Crippen molar-refractivity contribution in [3.8, 4) is 5.69 Å². The highest BCUT2D eigenvalue weighted by atomic mass is 16.2. The predicted molar refractivity (Wildman–Crippen MR) is 111 cm³/mol. The van der Waals surface area contributed by atoms with Crippen LogP contribution in [0.25, 0.3) is 5.69 Å². The lowest BCUT2D eigenvalue weighted by molar-refractivity contribution is 0.0949. The number of hydrogen-bond donors (Lipinski definition) is 1. The number of carbonyl (C=O) groups is 1. The Kier molecular flexibility index (Phi) is 5.06. The highest BCUT2D eigenvalue weighted by molar-refractivity contribution is 5.95. The Morgan fingerprint density at radius 3 is 2.57 bits per heavy atom. The summed E-state index contributed by atoms with van der Waals surface area (Å²) in [5, 5.41) is 8.72. The average molecular weight is 372 g/mol. The Labute approximate surface area is 165 Å². The fourth-order valence-corrected chi connectivity index (χ4v) is 3.59. The van der Waals surface area contributed by atoms with Crippen LogP contribution in [0.1, 0.15) is 59.1 Å². The lowest BCUT2D eigenvalue weighted by Crippen LogP contribution is -2.20. The van der Waals surface area contributed by atoms with Gasteiger partial charge >= 0.3 is 0 Å². The maximum atomic E-state index is 12.7. The van der Waals surface area contributed by atoms with Crippen molar-refractivity contribution < 1.29 is 4.79 Å². The molecule has 1 N–H and O–H groups in total. The molecule has 0 fully saturated rings. The predicted octanol–water partition coefficient (Wildman–Crippen LogP) is 4.25. The molecule has 5 nitrogen and oxygen atoms in total. The molecule has 1 aromatic heterocycles. The second kappa shape index (κ2) is 7.80. The molecule has 0 bridgehead atoms. The van der Waals surface area contributed by atoms with Crippen molar-refractivity contribution >= 4 is 12.1 Å². The van der Waals surface area contributed by atoms with E-state index in [1.54, 1.807) is 6.21 Å². The van der Waals surface area contributed by atoms with E-state index in [0.29, 0.717) is 11.6 Å². The fraction of sp³-hybridized carbons (Fsp3) is 0.261. The van der Waals surface area contributed by atoms with Gasteiger partial charge in [0, 0.05) is 11.3 Å². The van der Waals surface area contributed by atoms with Gasteiger partial charge in [-0.15, -0.1) is 0 Å². The third-order valence-electron chi connectivity index (χ3n) is 5.13. The van der Waals surface area contributed by atoms with Gasteiger partial charge in [-0.3, -0.25) is 4.79 Å². The molecule has 142 valence electrons. The Morgan fingerprint density at radius 1 is 1.11 bits per heavy atom. The molecule has 0 atom stereocenters. The summed E-state index contributed by atoms with van der Waals surface area (Å²) in [7, 11) is 0. The monoisotopic (exact) mass is 372 g/mol. The van der Waals surface area contributed by atoms with E-state index in [4.69, 9.17) is 0 Å². The zero-order chi connectivity index (χ0) is 19.5. The second-order valence-electron chi connectivity index (χ2n) is 7.40. The van der Waals surface area contributed by atoms with Crippen LogP contribution in [-0.4, -0.2) is 21.9 Å². The largest absolute Gasteiger partial charge is 0.292 e. The average Bonchev–Trinajstić information content (AvgIpc) is 3.31. The summed E-state index contributed by atoms with van der Waals surface area (Å²) in [4.78, 5) is 12.7. The summed E-state index contributed by atoms with van der Waals surface area (Å²) in [5.41, 5.74) is 8.49. The highest BCUT2D eigenvalue weighted by Gasteiger charge is 2.26. The second-order valence-corrected chi connectivity index (χ2v) is 7.40. The molecule has 1 aliphatic rings. The Balaban J connectivity index is 1.51. The molecule has 3 aromatic rings. The van der Waals surface area contributed by atoms with Gasteiger partial charge in [0.25, 0.3) is 5.91 Å². The lowest BCUT2D eigenvalue weighted by atomic mass is 10.0. The SMILES string of the molecule is CC(C)c1ccc(/C=N/NC(=O)c2nn(-c3ccccc3)c3c2CCC3)cc1. The number of fused-ring (bicyclic) bond motifs is 1. The minimum Gasteiger partial charge on any atom is -0.265 e. The molecule has 1 heterocycles. The number of rotatable bonds is 5. The van der Waals surface area contributed by atoms with Crippen LogP contribution in [0.5, 0.6) is 0 Å². The molecule has 0 saturated heterocycles. The molecular weight excluding hydrogens is 348 g/mol. The minimum absolute atomic E-state index is 0.261. The van der Waals surface area contributed by atoms with E-state index in [9.17, 15) is 4.79 Å². The minimum atomic E-state index is -0.261. The first-order valence-corrected chi connectivity index (χ1v) is 9.73. The molecule has 0 unspecified atom stereocenters. The standard InChI is InChI=1S/C23H24N4O/c1-16(2)18-13-11-17(12-14-18)15-24-25-23(28)22-20-9-6-10-21(20)27(26-22)19-7-4-3-5-8-19/h3-5,7-8,11-16H,6,9-10H2,1-2H3,(H,25,28)/b24-15+. The van der Waals surface area contributed by atoms with Crippen LogP contribution < -0.4 is 5.43 Å². The first kappa shape index (κ1) is 18.2. The van der Waals surface area contributed by atoms with Crippen molar-refractivity contribution in [2.45, 2.75) is 39.0 Å². The number of para-hydroxylation sites is 1. The van der Waals surface area contributed by atoms with Crippen LogP contribution in [0.4, 0.5) is 0 Å². The zero-order valence-corrected chi connectivity index (χ0v) is 16.2. The van der Waals surface area contributed by atoms with E-state index < -0.39 is 0 Å². The van der Waals surface area contributed by atoms with Crippen molar-refractivity contribution in [2.75, 3.05) is 0 Å². The molecule has 0 spiro atoms. The first-order chi connectivity index (χ1) is 13.6. The van der Waals surface area contributed by atoms with Gasteiger partial charge in [-0.1, -0.05) is 56.3 Å². The fourth-order valence-electron chi connectivity index (χ4n) is 3.59. The Hall–Kier alpha value is -3.21. The third-order valence-corrected chi connectivity index (χ3v) is 5.13. The number of benzene rings is 2. The first-order valence-electron chi connectivity index (χ1n) is 9.73. The quantitative estimate of drug-likeness (QED) is 0.538. The molecule has 1 aliphatic carbocycles. The maximum Gasteiger partial charge on any atom is 0.292 e. The van der Waals surface area contributed by atoms with E-state index in [1.807, 2.05) is 47.1 Å². The summed E-state index contributed by atoms with van der Waals surface area (Å²) in [6.45, 7) is 4.33. The lowest BCUT2D eigenvalue weighted by Gasteiger charge is -2.04. The van der Waals surface area contributed by atoms with Gasteiger partial charge in [0.05, 0.1) is 11.9 Å². The zero-order valence-electron chi connectivity index (χ0n) is 16.2. The summed E-state index contributed by atoms with van der Waals surface area (Å²) in [5.74, 6) is 0.232. The van der Waals surface area contributed by atoms with E-state index in [-0.39, 0.29) is 5.91 Å².